The summed E-state index contributed by atoms with van der Waals surface area (Å²) >= 11 is 0. The van der Waals surface area contributed by atoms with Crippen molar-refractivity contribution in [2.75, 3.05) is 21.2 Å². The molecule has 2 aromatic carbocycles. The number of aliphatic hydroxyl groups excluding tert-OH is 1. The standard InChI is InChI=1S/C32H34N2O9/c1-5-6-20(35)14-7-10-22(43-4)17(11-14)16-8-9-21(36)24-18(16)12-15-13-19-26(34(2)3)28(38)25(31(33)41)30(40)32(19,42)29(39)23(15)27(24)37/h5,7-11,15,19-20,23,25-26,35-36,42H,1,6,12-13H2,2-4H3,(H2,33,41)/t15-,19-,20?,23?,25?,26-,32-/m1/s1. The fraction of sp³-hybridized carbons (Fsp3) is 0.406. The predicted octanol–water partition coefficient (Wildman–Crippen LogP) is 1.15. The van der Waals surface area contributed by atoms with Crippen LogP contribution in [0.4, 0.5) is 0 Å². The number of fused-ring (bicyclic) bond motifs is 3. The van der Waals surface area contributed by atoms with E-state index >= 15 is 0 Å². The fourth-order valence-electron chi connectivity index (χ4n) is 7.29. The molecule has 226 valence electrons. The van der Waals surface area contributed by atoms with Gasteiger partial charge in [0.2, 0.25) is 5.91 Å². The van der Waals surface area contributed by atoms with Gasteiger partial charge in [0.15, 0.2) is 34.7 Å². The first-order valence-corrected chi connectivity index (χ1v) is 14.0. The Morgan fingerprint density at radius 2 is 1.86 bits per heavy atom. The van der Waals surface area contributed by atoms with E-state index in [1.165, 1.54) is 32.2 Å². The summed E-state index contributed by atoms with van der Waals surface area (Å²) in [6.45, 7) is 3.67. The highest BCUT2D eigenvalue weighted by Gasteiger charge is 2.69. The van der Waals surface area contributed by atoms with Crippen LogP contribution in [-0.4, -0.2) is 82.1 Å². The minimum Gasteiger partial charge on any atom is -0.507 e. The third-order valence-electron chi connectivity index (χ3n) is 9.23. The van der Waals surface area contributed by atoms with Gasteiger partial charge in [0.05, 0.1) is 30.7 Å². The molecule has 2 saturated carbocycles. The van der Waals surface area contributed by atoms with E-state index in [1.54, 1.807) is 30.3 Å². The van der Waals surface area contributed by atoms with E-state index in [4.69, 9.17) is 10.5 Å². The van der Waals surface area contributed by atoms with Gasteiger partial charge in [0.1, 0.15) is 11.5 Å². The van der Waals surface area contributed by atoms with Crippen molar-refractivity contribution in [1.82, 2.24) is 4.90 Å². The molecule has 0 heterocycles. The van der Waals surface area contributed by atoms with E-state index in [0.29, 0.717) is 34.4 Å². The lowest BCUT2D eigenvalue weighted by Crippen LogP contribution is -2.74. The number of likely N-dealkylation sites (N-methyl/N-ethyl adjacent to an activating group) is 1. The Labute approximate surface area is 247 Å². The first kappa shape index (κ1) is 30.3. The Morgan fingerprint density at radius 3 is 2.47 bits per heavy atom. The van der Waals surface area contributed by atoms with Crippen LogP contribution in [0.15, 0.2) is 43.0 Å². The molecule has 3 aliphatic carbocycles. The van der Waals surface area contributed by atoms with E-state index in [2.05, 4.69) is 6.58 Å². The predicted molar refractivity (Wildman–Crippen MR) is 153 cm³/mol. The Kier molecular flexibility index (Phi) is 7.62. The zero-order valence-corrected chi connectivity index (χ0v) is 24.1. The van der Waals surface area contributed by atoms with Gasteiger partial charge in [0, 0.05) is 11.5 Å². The molecule has 5 rings (SSSR count). The van der Waals surface area contributed by atoms with Crippen molar-refractivity contribution in [3.05, 3.63) is 59.7 Å². The molecule has 0 saturated heterocycles. The molecule has 7 atom stereocenters. The monoisotopic (exact) mass is 590 g/mol. The van der Waals surface area contributed by atoms with Gasteiger partial charge in [-0.15, -0.1) is 6.58 Å². The summed E-state index contributed by atoms with van der Waals surface area (Å²) in [5.41, 5.74) is 4.54. The molecule has 5 N–H and O–H groups in total. The zero-order chi connectivity index (χ0) is 31.5. The summed E-state index contributed by atoms with van der Waals surface area (Å²) in [7, 11) is 4.54. The quantitative estimate of drug-likeness (QED) is 0.269. The molecular formula is C32H34N2O9. The van der Waals surface area contributed by atoms with Crippen molar-refractivity contribution >= 4 is 29.0 Å². The molecule has 3 unspecified atom stereocenters. The number of ketones is 4. The van der Waals surface area contributed by atoms with Crippen molar-refractivity contribution in [2.45, 2.75) is 37.0 Å². The maximum Gasteiger partial charge on any atom is 0.235 e. The molecular weight excluding hydrogens is 556 g/mol. The molecule has 11 nitrogen and oxygen atoms in total. The summed E-state index contributed by atoms with van der Waals surface area (Å²) in [4.78, 5) is 68.4. The second kappa shape index (κ2) is 10.8. The van der Waals surface area contributed by atoms with Crippen LogP contribution in [0, 0.1) is 23.7 Å². The Hall–Kier alpha value is -4.19. The first-order valence-electron chi connectivity index (χ1n) is 14.0. The highest BCUT2D eigenvalue weighted by Crippen LogP contribution is 2.52. The molecule has 2 fully saturated rings. The normalized spacial score (nSPS) is 29.0. The number of hydrogen-bond acceptors (Lipinski definition) is 10. The van der Waals surface area contributed by atoms with Gasteiger partial charge in [-0.1, -0.05) is 18.2 Å². The van der Waals surface area contributed by atoms with Crippen molar-refractivity contribution in [3.8, 4) is 22.6 Å². The number of aromatic hydroxyl groups is 1. The van der Waals surface area contributed by atoms with Crippen molar-refractivity contribution in [3.63, 3.8) is 0 Å². The van der Waals surface area contributed by atoms with Crippen LogP contribution in [0.3, 0.4) is 0 Å². The molecule has 2 aromatic rings. The molecule has 0 aliphatic heterocycles. The summed E-state index contributed by atoms with van der Waals surface area (Å²) in [6.07, 6.45) is 1.08. The van der Waals surface area contributed by atoms with Gasteiger partial charge in [-0.3, -0.25) is 28.9 Å². The number of phenolic OH excluding ortho intramolecular Hbond substituents is 1. The minimum absolute atomic E-state index is 0.0613. The van der Waals surface area contributed by atoms with E-state index < -0.39 is 70.5 Å². The van der Waals surface area contributed by atoms with E-state index in [0.717, 1.165) is 0 Å². The van der Waals surface area contributed by atoms with Gasteiger partial charge < -0.3 is 25.8 Å². The molecule has 0 radical (unpaired) electrons. The molecule has 0 spiro atoms. The number of aliphatic hydroxyl groups is 2. The van der Waals surface area contributed by atoms with Crippen molar-refractivity contribution in [2.24, 2.45) is 29.4 Å². The van der Waals surface area contributed by atoms with Crippen LogP contribution in [0.25, 0.3) is 11.1 Å². The summed E-state index contributed by atoms with van der Waals surface area (Å²) in [5, 5.41) is 33.2. The number of amides is 1. The Morgan fingerprint density at radius 1 is 1.16 bits per heavy atom. The highest BCUT2D eigenvalue weighted by atomic mass is 16.5. The maximum absolute atomic E-state index is 14.0. The third-order valence-corrected chi connectivity index (χ3v) is 9.23. The van der Waals surface area contributed by atoms with E-state index in [9.17, 15) is 39.3 Å². The summed E-state index contributed by atoms with van der Waals surface area (Å²) in [5.74, 6) is -10.7. The number of hydrogen-bond donors (Lipinski definition) is 4. The SMILES string of the molecule is C=CCC(O)c1ccc(OC)c(-c2ccc(O)c3c2C[C@@H]2C[C@@H]4[C@@H](N(C)C)C(=O)C(C(N)=O)C(=O)[C@]4(O)C(=O)C2C3=O)c1. The van der Waals surface area contributed by atoms with Gasteiger partial charge in [0.25, 0.3) is 0 Å². The Balaban J connectivity index is 1.66. The number of benzene rings is 2. The molecule has 43 heavy (non-hydrogen) atoms. The highest BCUT2D eigenvalue weighted by molar-refractivity contribution is 6.32. The Bertz CT molecular complexity index is 1580. The summed E-state index contributed by atoms with van der Waals surface area (Å²) < 4.78 is 5.59. The van der Waals surface area contributed by atoms with Crippen molar-refractivity contribution < 1.29 is 44.0 Å². The number of phenols is 1. The number of Topliss-reactive ketones (excluding diaryl/α,β-unsaturated/α-hetero) is 4. The van der Waals surface area contributed by atoms with Crippen LogP contribution in [0.2, 0.25) is 0 Å². The van der Waals surface area contributed by atoms with Crippen LogP contribution in [0.1, 0.15) is 40.4 Å². The number of nitrogens with two attached hydrogens (primary N) is 1. The third kappa shape index (κ3) is 4.41. The number of carbonyl (C=O) groups excluding carboxylic acids is 5. The lowest BCUT2D eigenvalue weighted by molar-refractivity contribution is -0.181. The van der Waals surface area contributed by atoms with Gasteiger partial charge in [-0.05, 0) is 74.2 Å². The number of primary amides is 1. The van der Waals surface area contributed by atoms with Crippen LogP contribution in [-0.2, 0) is 25.6 Å². The zero-order valence-electron chi connectivity index (χ0n) is 24.1. The lowest BCUT2D eigenvalue weighted by Gasteiger charge is -2.52. The van der Waals surface area contributed by atoms with Gasteiger partial charge in [-0.25, -0.2) is 0 Å². The van der Waals surface area contributed by atoms with E-state index in [1.807, 2.05) is 0 Å². The average molecular weight is 591 g/mol. The second-order valence-corrected chi connectivity index (χ2v) is 11.8. The lowest BCUT2D eigenvalue weighted by atomic mass is 9.52. The number of nitrogens with zero attached hydrogens (tertiary/aromatic N) is 1. The number of methoxy groups -OCH3 is 1. The molecule has 1 amide bonds. The van der Waals surface area contributed by atoms with Crippen LogP contribution in [0.5, 0.6) is 11.5 Å². The summed E-state index contributed by atoms with van der Waals surface area (Å²) in [6, 6.07) is 6.88. The molecule has 3 aliphatic rings. The van der Waals surface area contributed by atoms with Crippen LogP contribution < -0.4 is 10.5 Å². The van der Waals surface area contributed by atoms with Crippen LogP contribution >= 0.6 is 0 Å². The molecule has 0 bridgehead atoms. The first-order chi connectivity index (χ1) is 20.3. The largest absolute Gasteiger partial charge is 0.507 e. The van der Waals surface area contributed by atoms with Gasteiger partial charge in [-0.2, -0.15) is 0 Å². The maximum atomic E-state index is 14.0. The number of ether oxygens (including phenoxy) is 1. The number of rotatable bonds is 7. The fourth-order valence-corrected chi connectivity index (χ4v) is 7.29. The van der Waals surface area contributed by atoms with Gasteiger partial charge >= 0.3 is 0 Å². The molecule has 11 heteroatoms. The van der Waals surface area contributed by atoms with E-state index in [-0.39, 0.29) is 24.2 Å². The molecule has 0 aromatic heterocycles. The average Bonchev–Trinajstić information content (AvgIpc) is 2.94. The van der Waals surface area contributed by atoms with Crippen molar-refractivity contribution in [1.29, 1.82) is 0 Å². The number of carbonyl (C=O) groups is 5. The smallest absolute Gasteiger partial charge is 0.235 e. The second-order valence-electron chi connectivity index (χ2n) is 11.8. The topological polar surface area (TPSA) is 185 Å². The minimum atomic E-state index is -2.79.